The number of aliphatic hydroxyl groups is 3. The number of amides is 1. The maximum atomic E-state index is 16.1. The number of hydrogen-bond donors (Lipinski definition) is 8. The number of esters is 1. The molecule has 19 nitrogen and oxygen atoms in total. The molecule has 3 aromatic carbocycles. The van der Waals surface area contributed by atoms with E-state index in [0.717, 1.165) is 31.4 Å². The summed E-state index contributed by atoms with van der Waals surface area (Å²) in [5.74, 6) is -10.5. The summed E-state index contributed by atoms with van der Waals surface area (Å²) in [5.41, 5.74) is 1.79. The van der Waals surface area contributed by atoms with Crippen LogP contribution in [0.2, 0.25) is 5.02 Å². The number of carbonyl (C=O) groups is 3. The van der Waals surface area contributed by atoms with Crippen molar-refractivity contribution in [1.82, 2.24) is 9.99 Å². The van der Waals surface area contributed by atoms with Gasteiger partial charge in [0, 0.05) is 86.5 Å². The van der Waals surface area contributed by atoms with E-state index in [4.69, 9.17) is 30.5 Å². The fraction of sp³-hybridized carbons (Fsp3) is 0.446. The number of phenols is 3. The number of aromatic hydroxyl groups is 3. The number of rotatable bonds is 8. The number of halogens is 2. The summed E-state index contributed by atoms with van der Waals surface area (Å²) in [5, 5.41) is 75.8. The quantitative estimate of drug-likeness (QED) is 0.0208. The van der Waals surface area contributed by atoms with Crippen molar-refractivity contribution in [3.63, 3.8) is 0 Å². The molecule has 21 heteroatoms. The Hall–Kier alpha value is -7.13. The first-order chi connectivity index (χ1) is 36.3. The van der Waals surface area contributed by atoms with Crippen LogP contribution < -0.4 is 25.8 Å². The normalized spacial score (nSPS) is 28.8. The second-order valence-corrected chi connectivity index (χ2v) is 21.2. The van der Waals surface area contributed by atoms with Crippen molar-refractivity contribution in [2.75, 3.05) is 30.4 Å². The van der Waals surface area contributed by atoms with Gasteiger partial charge >= 0.3 is 11.8 Å². The minimum Gasteiger partial charge on any atom is -0.508 e. The van der Waals surface area contributed by atoms with Crippen molar-refractivity contribution >= 4 is 74.3 Å². The highest BCUT2D eigenvalue weighted by molar-refractivity contribution is 6.38. The van der Waals surface area contributed by atoms with E-state index in [0.29, 0.717) is 18.5 Å². The molecule has 412 valence electrons. The third kappa shape index (κ3) is 10.3. The number of pyridine rings is 1. The van der Waals surface area contributed by atoms with E-state index in [1.54, 1.807) is 43.2 Å². The number of fused-ring (bicyclic) bond motifs is 15. The van der Waals surface area contributed by atoms with E-state index >= 15 is 4.39 Å². The lowest BCUT2D eigenvalue weighted by Gasteiger charge is -2.38. The number of nitrogens with zero attached hydrogens (tertiary/aromatic N) is 3. The number of aromatic nitrogens is 1. The van der Waals surface area contributed by atoms with Crippen molar-refractivity contribution in [1.29, 1.82) is 0 Å². The standard InChI is InChI=1S/C56H65ClFN5O14/c1-24-12-11-13-25(2)55(73)60-43-35(21-59-61-32-16-18-62(22-32)45-37(58)20-34-44(42(45)57)63(33-14-15-33)23-36(30(7)64)49(34)69)50(70)39-40(51(43)71)48(68)29(6)53-41(39)54(72)56(9,77-53)75-19-17-38(74-10)26(3)52(76-31(8)65)28(5)47(67)27(4)46(24)66/h11-13,17,19-21,23-24,26-28,32-33,38,46-47,52,61,64,66-68,70-71H,7,14-16,18,22H2,1-6,8-10H3,(H,60,73)/b12-11+,19-17+,25-13-,59-21-/t24-,26+,27+,28+,32?,38-,46-,47+,52+,56-/m0/s1. The molecule has 5 heterocycles. The summed E-state index contributed by atoms with van der Waals surface area (Å²) in [6, 6.07) is 0.615. The van der Waals surface area contributed by atoms with Crippen LogP contribution in [-0.2, 0) is 23.8 Å². The number of phenolic OH excluding ortho intramolecular Hbond substituents is 3. The summed E-state index contributed by atoms with van der Waals surface area (Å²) in [6.07, 6.45) is 7.71. The molecular weight excluding hydrogens is 1020 g/mol. The molecule has 0 radical (unpaired) electrons. The number of aliphatic hydroxyl groups excluding tert-OH is 3. The van der Waals surface area contributed by atoms with Crippen molar-refractivity contribution in [3.05, 3.63) is 98.3 Å². The number of ether oxygens (including phenoxy) is 4. The predicted molar refractivity (Wildman–Crippen MR) is 288 cm³/mol. The van der Waals surface area contributed by atoms with E-state index in [1.807, 2.05) is 0 Å². The SMILES string of the molecule is C=C(O)c1cn(C2CC2)c2c(Cl)c(N3CCC(N/N=C\c4c5c(O)c6c(O)c(C)c7c(c6c4O)C(=O)[C@@](C)(O/C=C/[C@H](OC)[C@@H](C)[C@@H](OC(C)=O)[C@H](C)[C@H](O)[C@H](C)[C@@H](O)[C@@H](C)/C=C/C=C(/C)C(=O)N5)O7)C3)c(F)cc2c1=O. The van der Waals surface area contributed by atoms with Gasteiger partial charge in [-0.05, 0) is 45.3 Å². The number of Topliss-reactive ketones (excluding diaryl/α,β-unsaturated/α-hetero) is 1. The molecule has 8 N–H and O–H groups in total. The lowest BCUT2D eigenvalue weighted by atomic mass is 9.78. The van der Waals surface area contributed by atoms with Gasteiger partial charge < -0.3 is 69.8 Å². The molecule has 1 unspecified atom stereocenters. The van der Waals surface area contributed by atoms with Gasteiger partial charge in [0.05, 0.1) is 86.2 Å². The number of nitrogens with one attached hydrogen (secondary N) is 2. The molecule has 1 aromatic heterocycles. The average Bonchev–Trinajstić information content (AvgIpc) is 4.22. The first kappa shape index (κ1) is 56.1. The molecule has 1 aliphatic carbocycles. The summed E-state index contributed by atoms with van der Waals surface area (Å²) in [7, 11) is 1.41. The van der Waals surface area contributed by atoms with Crippen molar-refractivity contribution < 1.29 is 68.4 Å². The Labute approximate surface area is 448 Å². The topological polar surface area (TPSA) is 271 Å². The largest absolute Gasteiger partial charge is 0.508 e. The molecule has 4 aliphatic heterocycles. The molecule has 77 heavy (non-hydrogen) atoms. The molecule has 9 rings (SSSR count). The lowest BCUT2D eigenvalue weighted by molar-refractivity contribution is -0.160. The van der Waals surface area contributed by atoms with Crippen LogP contribution in [0.1, 0.15) is 101 Å². The number of hydrazone groups is 1. The van der Waals surface area contributed by atoms with Gasteiger partial charge in [0.2, 0.25) is 0 Å². The molecule has 0 spiro atoms. The number of benzene rings is 3. The molecule has 10 atom stereocenters. The summed E-state index contributed by atoms with van der Waals surface area (Å²) < 4.78 is 41.6. The van der Waals surface area contributed by atoms with E-state index < -0.39 is 123 Å². The molecule has 4 aromatic rings. The Balaban J connectivity index is 1.19. The monoisotopic (exact) mass is 1090 g/mol. The number of hydrogen-bond acceptors (Lipinski definition) is 17. The number of carbonyl (C=O) groups excluding carboxylic acids is 3. The van der Waals surface area contributed by atoms with Gasteiger partial charge in [-0.15, -0.1) is 0 Å². The first-order valence-electron chi connectivity index (χ1n) is 25.4. The molecule has 2 fully saturated rings. The lowest BCUT2D eigenvalue weighted by Crippen LogP contribution is -2.46. The maximum Gasteiger partial charge on any atom is 0.312 e. The van der Waals surface area contributed by atoms with E-state index in [1.165, 1.54) is 59.2 Å². The highest BCUT2D eigenvalue weighted by Crippen LogP contribution is 2.55. The molecule has 5 aliphatic rings. The van der Waals surface area contributed by atoms with Gasteiger partial charge in [-0.2, -0.15) is 5.10 Å². The van der Waals surface area contributed by atoms with Crippen LogP contribution in [-0.4, -0.2) is 116 Å². The third-order valence-corrected chi connectivity index (χ3v) is 15.8. The van der Waals surface area contributed by atoms with Gasteiger partial charge in [0.25, 0.3) is 11.7 Å². The Bertz CT molecular complexity index is 3280. The smallest absolute Gasteiger partial charge is 0.312 e. The van der Waals surface area contributed by atoms with Crippen LogP contribution in [0.5, 0.6) is 23.0 Å². The Kier molecular flexibility index (Phi) is 15.8. The van der Waals surface area contributed by atoms with Crippen LogP contribution in [0.25, 0.3) is 27.4 Å². The van der Waals surface area contributed by atoms with Gasteiger partial charge in [-0.25, -0.2) is 4.39 Å². The van der Waals surface area contributed by atoms with Gasteiger partial charge in [-0.1, -0.05) is 64.1 Å². The van der Waals surface area contributed by atoms with E-state index in [9.17, 15) is 49.8 Å². The number of allylic oxidation sites excluding steroid dienone is 2. The zero-order chi connectivity index (χ0) is 56.3. The second-order valence-electron chi connectivity index (χ2n) is 20.8. The van der Waals surface area contributed by atoms with Gasteiger partial charge in [0.1, 0.15) is 34.9 Å². The fourth-order valence-corrected chi connectivity index (χ4v) is 11.1. The molecule has 5 bridgehead atoms. The second kappa shape index (κ2) is 21.7. The van der Waals surface area contributed by atoms with Crippen LogP contribution in [0, 0.1) is 36.4 Å². The summed E-state index contributed by atoms with van der Waals surface area (Å²) >= 11 is 6.98. The van der Waals surface area contributed by atoms with Crippen LogP contribution >= 0.6 is 11.6 Å². The van der Waals surface area contributed by atoms with Crippen LogP contribution in [0.4, 0.5) is 15.8 Å². The number of ketones is 1. The third-order valence-electron chi connectivity index (χ3n) is 15.4. The first-order valence-corrected chi connectivity index (χ1v) is 25.8. The average molecular weight is 1090 g/mol. The Morgan fingerprint density at radius 1 is 1.01 bits per heavy atom. The Morgan fingerprint density at radius 3 is 2.36 bits per heavy atom. The van der Waals surface area contributed by atoms with Crippen LogP contribution in [0.15, 0.2) is 64.9 Å². The van der Waals surface area contributed by atoms with Gasteiger partial charge in [0.15, 0.2) is 11.2 Å². The fourth-order valence-electron chi connectivity index (χ4n) is 10.7. The molecule has 1 amide bonds. The van der Waals surface area contributed by atoms with Crippen molar-refractivity contribution in [2.24, 2.45) is 28.8 Å². The molecule has 1 saturated carbocycles. The van der Waals surface area contributed by atoms with E-state index in [-0.39, 0.29) is 67.6 Å². The minimum absolute atomic E-state index is 0.00207. The van der Waals surface area contributed by atoms with Crippen molar-refractivity contribution in [2.45, 2.75) is 117 Å². The van der Waals surface area contributed by atoms with Crippen molar-refractivity contribution in [3.8, 4) is 23.0 Å². The molecule has 1 saturated heterocycles. The minimum atomic E-state index is -2.14. The summed E-state index contributed by atoms with van der Waals surface area (Å²) in [4.78, 5) is 56.2. The molecular formula is C56H65ClFN5O14. The zero-order valence-corrected chi connectivity index (χ0v) is 44.9. The number of methoxy groups -OCH3 is 1. The van der Waals surface area contributed by atoms with Gasteiger partial charge in [-0.3, -0.25) is 19.2 Å². The van der Waals surface area contributed by atoms with Crippen LogP contribution in [0.3, 0.4) is 0 Å². The maximum absolute atomic E-state index is 16.1. The Morgan fingerprint density at radius 2 is 1.71 bits per heavy atom. The zero-order valence-electron chi connectivity index (χ0n) is 44.2. The summed E-state index contributed by atoms with van der Waals surface area (Å²) in [6.45, 7) is 16.2. The van der Waals surface area contributed by atoms with E-state index in [2.05, 4.69) is 22.4 Å². The highest BCUT2D eigenvalue weighted by atomic mass is 35.5. The highest BCUT2D eigenvalue weighted by Gasteiger charge is 2.50. The predicted octanol–water partition coefficient (Wildman–Crippen LogP) is 7.93. The number of anilines is 2.